The number of hydrogen-bond donors (Lipinski definition) is 2. The fourth-order valence-corrected chi connectivity index (χ4v) is 8.12. The monoisotopic (exact) mass is 719 g/mol. The number of aryl methyl sites for hydroxylation is 1. The molecule has 0 aliphatic carbocycles. The lowest BCUT2D eigenvalue weighted by Gasteiger charge is -2.36. The van der Waals surface area contributed by atoms with E-state index in [1.165, 1.54) is 5.56 Å². The van der Waals surface area contributed by atoms with Gasteiger partial charge in [-0.15, -0.1) is 0 Å². The first-order chi connectivity index (χ1) is 25.3. The molecule has 5 aromatic rings. The molecule has 7 rings (SSSR count). The van der Waals surface area contributed by atoms with E-state index >= 15 is 0 Å². The molecule has 2 fully saturated rings. The topological polar surface area (TPSA) is 141 Å². The second-order valence-corrected chi connectivity index (χ2v) is 14.1. The Hall–Kier alpha value is -5.39. The van der Waals surface area contributed by atoms with Gasteiger partial charge in [0.2, 0.25) is 5.95 Å². The van der Waals surface area contributed by atoms with Gasteiger partial charge in [-0.25, -0.2) is 9.78 Å². The van der Waals surface area contributed by atoms with E-state index in [1.54, 1.807) is 32.4 Å². The van der Waals surface area contributed by atoms with E-state index in [1.807, 2.05) is 54.3 Å². The molecule has 3 heterocycles. The second-order valence-electron chi connectivity index (χ2n) is 14.1. The van der Waals surface area contributed by atoms with Gasteiger partial charge < -0.3 is 39.7 Å². The molecule has 1 atom stereocenters. The summed E-state index contributed by atoms with van der Waals surface area (Å²) in [6, 6.07) is 29.8. The fourth-order valence-electron chi connectivity index (χ4n) is 8.12. The fraction of sp³-hybridized carbons (Fsp3) is 0.357. The van der Waals surface area contributed by atoms with Crippen LogP contribution in [0, 0.1) is 6.92 Å². The molecule has 1 unspecified atom stereocenters. The molecule has 0 spiro atoms. The van der Waals surface area contributed by atoms with Crippen molar-refractivity contribution in [3.05, 3.63) is 119 Å². The summed E-state index contributed by atoms with van der Waals surface area (Å²) >= 11 is 0. The number of para-hydroxylation sites is 2. The van der Waals surface area contributed by atoms with E-state index in [-0.39, 0.29) is 22.8 Å². The smallest absolute Gasteiger partial charge is 0.336 e. The van der Waals surface area contributed by atoms with E-state index in [9.17, 15) is 14.7 Å². The summed E-state index contributed by atoms with van der Waals surface area (Å²) < 4.78 is 13.2. The Morgan fingerprint density at radius 2 is 1.64 bits per heavy atom. The van der Waals surface area contributed by atoms with Crippen molar-refractivity contribution in [2.24, 2.45) is 0 Å². The van der Waals surface area contributed by atoms with Crippen molar-refractivity contribution in [3.8, 4) is 11.5 Å². The number of rotatable bonds is 12. The van der Waals surface area contributed by atoms with Crippen LogP contribution in [0.3, 0.4) is 0 Å². The molecule has 2 saturated heterocycles. The number of nitrogens with zero attached hydrogens (tertiary/aromatic N) is 4. The number of likely N-dealkylation sites (tertiary alicyclic amines) is 2. The molecular weight excluding hydrogens is 670 g/mol. The maximum absolute atomic E-state index is 13.9. The third-order valence-electron chi connectivity index (χ3n) is 11.0. The Kier molecular flexibility index (Phi) is 11.4. The van der Waals surface area contributed by atoms with E-state index in [0.29, 0.717) is 42.3 Å². The largest absolute Gasteiger partial charge is 0.493 e. The van der Waals surface area contributed by atoms with Crippen LogP contribution in [0.4, 0.5) is 5.95 Å². The SMILES string of the molecule is COc1cc(C(=O)N2CCC(CCN3CCC(Nc4nc5ccccc5n4Cc4ccccc4C(=O)O)CC3)(c3ccccc3)C2)cc(C)c1OC.O. The van der Waals surface area contributed by atoms with Gasteiger partial charge in [-0.05, 0) is 86.2 Å². The number of carboxylic acid groups (broad SMARTS) is 1. The minimum absolute atomic E-state index is 0. The number of aromatic nitrogens is 2. The first kappa shape index (κ1) is 37.4. The summed E-state index contributed by atoms with van der Waals surface area (Å²) in [4.78, 5) is 35.4. The van der Waals surface area contributed by atoms with Gasteiger partial charge in [-0.2, -0.15) is 0 Å². The zero-order valence-corrected chi connectivity index (χ0v) is 30.7. The Morgan fingerprint density at radius 1 is 0.925 bits per heavy atom. The first-order valence-corrected chi connectivity index (χ1v) is 18.1. The molecular formula is C42H49N5O6. The summed E-state index contributed by atoms with van der Waals surface area (Å²) in [5.74, 6) is 1.08. The molecule has 4 aromatic carbocycles. The molecule has 0 radical (unpaired) electrons. The quantitative estimate of drug-likeness (QED) is 0.159. The predicted octanol–water partition coefficient (Wildman–Crippen LogP) is 6.03. The number of anilines is 1. The number of carbonyl (C=O) groups is 2. The van der Waals surface area contributed by atoms with Gasteiger partial charge in [-0.1, -0.05) is 60.7 Å². The minimum Gasteiger partial charge on any atom is -0.493 e. The molecule has 11 nitrogen and oxygen atoms in total. The molecule has 4 N–H and O–H groups in total. The highest BCUT2D eigenvalue weighted by Gasteiger charge is 2.42. The molecule has 1 amide bonds. The number of benzene rings is 4. The summed E-state index contributed by atoms with van der Waals surface area (Å²) in [6.07, 6.45) is 3.81. The number of nitrogens with one attached hydrogen (secondary N) is 1. The lowest BCUT2D eigenvalue weighted by molar-refractivity contribution is 0.0694. The van der Waals surface area contributed by atoms with Crippen molar-refractivity contribution in [1.82, 2.24) is 19.4 Å². The van der Waals surface area contributed by atoms with Crippen LogP contribution in [0.25, 0.3) is 11.0 Å². The number of methoxy groups -OCH3 is 2. The normalized spacial score (nSPS) is 17.8. The van der Waals surface area contributed by atoms with Gasteiger partial charge in [0, 0.05) is 43.2 Å². The lowest BCUT2D eigenvalue weighted by Crippen LogP contribution is -2.42. The highest BCUT2D eigenvalue weighted by molar-refractivity contribution is 5.95. The van der Waals surface area contributed by atoms with E-state index < -0.39 is 5.97 Å². The maximum atomic E-state index is 13.9. The van der Waals surface area contributed by atoms with Crippen LogP contribution in [-0.4, -0.2) is 94.8 Å². The number of carboxylic acids is 1. The Labute approximate surface area is 310 Å². The van der Waals surface area contributed by atoms with Crippen LogP contribution in [0.5, 0.6) is 11.5 Å². The summed E-state index contributed by atoms with van der Waals surface area (Å²) in [7, 11) is 3.21. The minimum atomic E-state index is -0.930. The third kappa shape index (κ3) is 7.72. The van der Waals surface area contributed by atoms with Crippen LogP contribution in [0.2, 0.25) is 0 Å². The van der Waals surface area contributed by atoms with E-state index in [4.69, 9.17) is 14.5 Å². The van der Waals surface area contributed by atoms with Crippen molar-refractivity contribution in [2.45, 2.75) is 50.6 Å². The molecule has 11 heteroatoms. The van der Waals surface area contributed by atoms with Crippen molar-refractivity contribution in [1.29, 1.82) is 0 Å². The van der Waals surface area contributed by atoms with Crippen molar-refractivity contribution in [3.63, 3.8) is 0 Å². The highest BCUT2D eigenvalue weighted by atomic mass is 16.5. The van der Waals surface area contributed by atoms with Gasteiger partial charge in [-0.3, -0.25) is 4.79 Å². The Bertz CT molecular complexity index is 2060. The zero-order chi connectivity index (χ0) is 36.2. The number of carbonyl (C=O) groups excluding carboxylic acids is 1. The van der Waals surface area contributed by atoms with Crippen LogP contribution >= 0.6 is 0 Å². The molecule has 1 aromatic heterocycles. The van der Waals surface area contributed by atoms with Crippen molar-refractivity contribution < 1.29 is 29.6 Å². The third-order valence-corrected chi connectivity index (χ3v) is 11.0. The standard InChI is InChI=1S/C42H47N5O5.H2O/c1-29-25-31(26-37(51-2)38(29)52-3)39(48)46-24-20-42(28-46,32-12-5-4-6-13-32)19-23-45-21-17-33(18-22-45)43-41-44-35-15-9-10-16-36(35)47(41)27-30-11-7-8-14-34(30)40(49)50;/h4-16,25-26,33H,17-24,27-28H2,1-3H3,(H,43,44)(H,49,50);1H2. The predicted molar refractivity (Wildman–Crippen MR) is 206 cm³/mol. The van der Waals surface area contributed by atoms with Crippen molar-refractivity contribution in [2.75, 3.05) is 52.3 Å². The molecule has 278 valence electrons. The maximum Gasteiger partial charge on any atom is 0.336 e. The van der Waals surface area contributed by atoms with Gasteiger partial charge >= 0.3 is 5.97 Å². The number of imidazole rings is 1. The summed E-state index contributed by atoms with van der Waals surface area (Å²) in [6.45, 7) is 6.58. The molecule has 0 bridgehead atoms. The number of ether oxygens (including phenoxy) is 2. The van der Waals surface area contributed by atoms with Crippen molar-refractivity contribution >= 4 is 28.9 Å². The van der Waals surface area contributed by atoms with Crippen LogP contribution in [-0.2, 0) is 12.0 Å². The lowest BCUT2D eigenvalue weighted by atomic mass is 9.76. The highest BCUT2D eigenvalue weighted by Crippen LogP contribution is 2.40. The van der Waals surface area contributed by atoms with E-state index in [0.717, 1.165) is 73.4 Å². The number of aromatic carboxylic acids is 1. The van der Waals surface area contributed by atoms with E-state index in [2.05, 4.69) is 45.1 Å². The average Bonchev–Trinajstić information content (AvgIpc) is 3.76. The first-order valence-electron chi connectivity index (χ1n) is 18.1. The summed E-state index contributed by atoms with van der Waals surface area (Å²) in [5.41, 5.74) is 5.55. The average molecular weight is 720 g/mol. The number of amides is 1. The van der Waals surface area contributed by atoms with Crippen LogP contribution < -0.4 is 14.8 Å². The molecule has 0 saturated carbocycles. The molecule has 2 aliphatic rings. The van der Waals surface area contributed by atoms with Gasteiger partial charge in [0.25, 0.3) is 5.91 Å². The second kappa shape index (κ2) is 16.1. The van der Waals surface area contributed by atoms with Crippen LogP contribution in [0.15, 0.2) is 91.0 Å². The summed E-state index contributed by atoms with van der Waals surface area (Å²) in [5, 5.41) is 13.5. The van der Waals surface area contributed by atoms with Gasteiger partial charge in [0.1, 0.15) is 0 Å². The number of hydrogen-bond acceptors (Lipinski definition) is 7. The van der Waals surface area contributed by atoms with Gasteiger partial charge in [0.15, 0.2) is 11.5 Å². The number of fused-ring (bicyclic) bond motifs is 1. The zero-order valence-electron chi connectivity index (χ0n) is 30.7. The molecule has 53 heavy (non-hydrogen) atoms. The van der Waals surface area contributed by atoms with Gasteiger partial charge in [0.05, 0.1) is 37.4 Å². The number of piperidine rings is 1. The Morgan fingerprint density at radius 3 is 2.38 bits per heavy atom. The molecule has 2 aliphatic heterocycles. The Balaban J connectivity index is 0.00000481. The van der Waals surface area contributed by atoms with Crippen LogP contribution in [0.1, 0.15) is 63.1 Å².